The first kappa shape index (κ1) is 16.1. The molecule has 0 fully saturated rings. The number of benzene rings is 1. The predicted molar refractivity (Wildman–Crippen MR) is 81.6 cm³/mol. The second-order valence-electron chi connectivity index (χ2n) is 4.65. The van der Waals surface area contributed by atoms with Crippen LogP contribution in [0.25, 0.3) is 0 Å². The third-order valence-electron chi connectivity index (χ3n) is 2.86. The normalized spacial score (nSPS) is 9.65. The number of hydrogen-bond acceptors (Lipinski definition) is 2. The third kappa shape index (κ3) is 6.84. The van der Waals surface area contributed by atoms with Crippen LogP contribution in [0.2, 0.25) is 0 Å². The number of hydrogen-bond donors (Lipinski definition) is 1. The fourth-order valence-electron chi connectivity index (χ4n) is 1.69. The van der Waals surface area contributed by atoms with Crippen molar-refractivity contribution in [3.63, 3.8) is 0 Å². The number of primary amides is 1. The minimum absolute atomic E-state index is 0.433. The molecule has 2 N–H and O–H groups in total. The number of amides is 1. The quantitative estimate of drug-likeness (QED) is 0.582. The fourth-order valence-corrected chi connectivity index (χ4v) is 1.69. The van der Waals surface area contributed by atoms with E-state index in [0.717, 1.165) is 25.7 Å². The molecule has 0 aromatic heterocycles. The van der Waals surface area contributed by atoms with Gasteiger partial charge < -0.3 is 10.5 Å². The van der Waals surface area contributed by atoms with E-state index in [4.69, 9.17) is 10.5 Å². The van der Waals surface area contributed by atoms with E-state index in [0.29, 0.717) is 17.9 Å². The highest BCUT2D eigenvalue weighted by Crippen LogP contribution is 2.13. The third-order valence-corrected chi connectivity index (χ3v) is 2.86. The van der Waals surface area contributed by atoms with Crippen molar-refractivity contribution >= 4 is 5.91 Å². The van der Waals surface area contributed by atoms with Gasteiger partial charge in [0.2, 0.25) is 5.91 Å². The van der Waals surface area contributed by atoms with Crippen molar-refractivity contribution in [3.05, 3.63) is 29.8 Å². The van der Waals surface area contributed by atoms with Crippen LogP contribution in [0.15, 0.2) is 24.3 Å². The van der Waals surface area contributed by atoms with Gasteiger partial charge >= 0.3 is 0 Å². The van der Waals surface area contributed by atoms with Crippen LogP contribution in [-0.4, -0.2) is 12.5 Å². The van der Waals surface area contributed by atoms with Gasteiger partial charge in [-0.3, -0.25) is 4.79 Å². The van der Waals surface area contributed by atoms with Crippen LogP contribution in [0.5, 0.6) is 5.75 Å². The first-order valence-electron chi connectivity index (χ1n) is 7.22. The zero-order chi connectivity index (χ0) is 14.6. The molecular formula is C17H23NO2. The van der Waals surface area contributed by atoms with Crippen molar-refractivity contribution in [1.82, 2.24) is 0 Å². The fraction of sp³-hybridized carbons (Fsp3) is 0.471. The summed E-state index contributed by atoms with van der Waals surface area (Å²) in [6.45, 7) is 2.81. The lowest BCUT2D eigenvalue weighted by molar-refractivity contribution is 0.1000. The summed E-state index contributed by atoms with van der Waals surface area (Å²) < 4.78 is 5.59. The summed E-state index contributed by atoms with van der Waals surface area (Å²) in [5.74, 6) is 6.61. The van der Waals surface area contributed by atoms with E-state index in [1.165, 1.54) is 12.8 Å². The average molecular weight is 273 g/mol. The molecular weight excluding hydrogens is 250 g/mol. The summed E-state index contributed by atoms with van der Waals surface area (Å²) in [5, 5.41) is 0. The Labute approximate surface area is 121 Å². The van der Waals surface area contributed by atoms with Crippen molar-refractivity contribution in [2.24, 2.45) is 5.73 Å². The molecule has 0 aliphatic heterocycles. The molecule has 0 spiro atoms. The van der Waals surface area contributed by atoms with Gasteiger partial charge in [0, 0.05) is 18.4 Å². The molecule has 0 saturated heterocycles. The van der Waals surface area contributed by atoms with E-state index in [1.54, 1.807) is 18.2 Å². The van der Waals surface area contributed by atoms with Crippen molar-refractivity contribution < 1.29 is 9.53 Å². The van der Waals surface area contributed by atoms with Gasteiger partial charge in [0.25, 0.3) is 0 Å². The molecule has 0 radical (unpaired) electrons. The first-order chi connectivity index (χ1) is 9.74. The predicted octanol–water partition coefficient (Wildman–Crippen LogP) is 3.53. The molecule has 1 aromatic rings. The van der Waals surface area contributed by atoms with Crippen LogP contribution in [0, 0.1) is 11.8 Å². The lowest BCUT2D eigenvalue weighted by atomic mass is 10.2. The van der Waals surface area contributed by atoms with Crippen LogP contribution in [-0.2, 0) is 0 Å². The zero-order valence-electron chi connectivity index (χ0n) is 12.2. The molecule has 0 saturated carbocycles. The Morgan fingerprint density at radius 2 is 1.95 bits per heavy atom. The minimum Gasteiger partial charge on any atom is -0.494 e. The van der Waals surface area contributed by atoms with Gasteiger partial charge in [0.1, 0.15) is 5.75 Å². The highest BCUT2D eigenvalue weighted by Gasteiger charge is 2.01. The number of carbonyl (C=O) groups excluding carboxylic acids is 1. The second-order valence-corrected chi connectivity index (χ2v) is 4.65. The summed E-state index contributed by atoms with van der Waals surface area (Å²) in [7, 11) is 0. The summed E-state index contributed by atoms with van der Waals surface area (Å²) in [6.07, 6.45) is 6.32. The van der Waals surface area contributed by atoms with Crippen LogP contribution >= 0.6 is 0 Å². The molecule has 0 atom stereocenters. The molecule has 0 unspecified atom stereocenters. The van der Waals surface area contributed by atoms with E-state index in [2.05, 4.69) is 18.8 Å². The molecule has 0 aliphatic carbocycles. The molecule has 20 heavy (non-hydrogen) atoms. The SMILES string of the molecule is CCCCC#CCCCCOc1cccc(C(N)=O)c1. The Hall–Kier alpha value is -1.95. The lowest BCUT2D eigenvalue weighted by Gasteiger charge is -2.06. The Morgan fingerprint density at radius 3 is 2.65 bits per heavy atom. The summed E-state index contributed by atoms with van der Waals surface area (Å²) in [6, 6.07) is 6.96. The van der Waals surface area contributed by atoms with Crippen LogP contribution in [0.4, 0.5) is 0 Å². The van der Waals surface area contributed by atoms with Crippen LogP contribution < -0.4 is 10.5 Å². The molecule has 3 nitrogen and oxygen atoms in total. The highest BCUT2D eigenvalue weighted by atomic mass is 16.5. The number of ether oxygens (including phenoxy) is 1. The van der Waals surface area contributed by atoms with E-state index >= 15 is 0 Å². The largest absolute Gasteiger partial charge is 0.494 e. The molecule has 108 valence electrons. The summed E-state index contributed by atoms with van der Waals surface area (Å²) in [5.41, 5.74) is 5.69. The Bertz CT molecular complexity index is 471. The standard InChI is InChI=1S/C17H23NO2/c1-2-3-4-5-6-7-8-9-13-20-16-12-10-11-15(14-16)17(18)19/h10-12,14H,2-4,7-9,13H2,1H3,(H2,18,19). The zero-order valence-corrected chi connectivity index (χ0v) is 12.2. The maximum atomic E-state index is 11.0. The van der Waals surface area contributed by atoms with Gasteiger partial charge in [-0.05, 0) is 37.5 Å². The monoisotopic (exact) mass is 273 g/mol. The topological polar surface area (TPSA) is 52.3 Å². The van der Waals surface area contributed by atoms with Crippen molar-refractivity contribution in [2.75, 3.05) is 6.61 Å². The van der Waals surface area contributed by atoms with Crippen molar-refractivity contribution in [2.45, 2.75) is 45.4 Å². The van der Waals surface area contributed by atoms with Gasteiger partial charge in [-0.2, -0.15) is 0 Å². The number of carbonyl (C=O) groups is 1. The maximum absolute atomic E-state index is 11.0. The number of nitrogens with two attached hydrogens (primary N) is 1. The average Bonchev–Trinajstić information content (AvgIpc) is 2.46. The number of unbranched alkanes of at least 4 members (excludes halogenated alkanes) is 4. The van der Waals surface area contributed by atoms with Crippen LogP contribution in [0.3, 0.4) is 0 Å². The molecule has 1 amide bonds. The molecule has 0 aliphatic rings. The molecule has 0 bridgehead atoms. The van der Waals surface area contributed by atoms with Crippen molar-refractivity contribution in [1.29, 1.82) is 0 Å². The highest BCUT2D eigenvalue weighted by molar-refractivity contribution is 5.93. The molecule has 3 heteroatoms. The Kier molecular flexibility index (Phi) is 7.98. The number of rotatable bonds is 8. The van der Waals surface area contributed by atoms with Gasteiger partial charge in [0.05, 0.1) is 6.61 Å². The first-order valence-corrected chi connectivity index (χ1v) is 7.22. The summed E-state index contributed by atoms with van der Waals surface area (Å²) in [4.78, 5) is 11.0. The van der Waals surface area contributed by atoms with E-state index in [1.807, 2.05) is 6.07 Å². The van der Waals surface area contributed by atoms with Crippen LogP contribution in [0.1, 0.15) is 55.8 Å². The maximum Gasteiger partial charge on any atom is 0.248 e. The van der Waals surface area contributed by atoms with E-state index in [9.17, 15) is 4.79 Å². The van der Waals surface area contributed by atoms with Gasteiger partial charge in [0.15, 0.2) is 0 Å². The van der Waals surface area contributed by atoms with Gasteiger partial charge in [-0.15, -0.1) is 11.8 Å². The molecule has 1 rings (SSSR count). The molecule has 1 aromatic carbocycles. The Morgan fingerprint density at radius 1 is 1.20 bits per heavy atom. The van der Waals surface area contributed by atoms with Crippen molar-refractivity contribution in [3.8, 4) is 17.6 Å². The smallest absolute Gasteiger partial charge is 0.248 e. The van der Waals surface area contributed by atoms with Gasteiger partial charge in [-0.1, -0.05) is 19.4 Å². The minimum atomic E-state index is -0.433. The lowest BCUT2D eigenvalue weighted by Crippen LogP contribution is -2.10. The summed E-state index contributed by atoms with van der Waals surface area (Å²) >= 11 is 0. The van der Waals surface area contributed by atoms with Gasteiger partial charge in [-0.25, -0.2) is 0 Å². The van der Waals surface area contributed by atoms with E-state index < -0.39 is 5.91 Å². The Balaban J connectivity index is 2.16. The molecule has 0 heterocycles. The second kappa shape index (κ2) is 9.91. The van der Waals surface area contributed by atoms with E-state index in [-0.39, 0.29) is 0 Å².